The Morgan fingerprint density at radius 2 is 1.55 bits per heavy atom. The van der Waals surface area contributed by atoms with Crippen LogP contribution in [0, 0.1) is 0 Å². The molecule has 230 valence electrons. The average Bonchev–Trinajstić information content (AvgIpc) is 3.38. The van der Waals surface area contributed by atoms with Crippen LogP contribution in [0.2, 0.25) is 0 Å². The Balaban J connectivity index is 0.00000114. The number of carbonyl (C=O) groups is 1. The van der Waals surface area contributed by atoms with Crippen LogP contribution in [0.15, 0.2) is 60.7 Å². The predicted octanol–water partition coefficient (Wildman–Crippen LogP) is 8.63. The number of rotatable bonds is 11. The summed E-state index contributed by atoms with van der Waals surface area (Å²) in [5.74, 6) is -3.93. The van der Waals surface area contributed by atoms with Crippen molar-refractivity contribution in [2.45, 2.75) is 71.5 Å². The summed E-state index contributed by atoms with van der Waals surface area (Å²) in [6.07, 6.45) is -2.33. The van der Waals surface area contributed by atoms with E-state index in [2.05, 4.69) is 18.7 Å². The Morgan fingerprint density at radius 1 is 0.881 bits per heavy atom. The van der Waals surface area contributed by atoms with E-state index in [-0.39, 0.29) is 29.8 Å². The number of aryl methyl sites for hydroxylation is 1. The second kappa shape index (κ2) is 15.4. The van der Waals surface area contributed by atoms with E-state index in [0.29, 0.717) is 37.4 Å². The maximum absolute atomic E-state index is 15.9. The van der Waals surface area contributed by atoms with Crippen molar-refractivity contribution in [3.63, 3.8) is 0 Å². The van der Waals surface area contributed by atoms with Crippen molar-refractivity contribution in [3.8, 4) is 11.3 Å². The molecule has 3 aromatic rings. The first-order chi connectivity index (χ1) is 20.0. The van der Waals surface area contributed by atoms with Gasteiger partial charge in [-0.1, -0.05) is 75.2 Å². The van der Waals surface area contributed by atoms with Crippen LogP contribution in [0.1, 0.15) is 73.6 Å². The second-order valence-corrected chi connectivity index (χ2v) is 10.6. The van der Waals surface area contributed by atoms with Gasteiger partial charge in [-0.2, -0.15) is 22.0 Å². The quantitative estimate of drug-likeness (QED) is 0.165. The molecule has 4 nitrogen and oxygen atoms in total. The summed E-state index contributed by atoms with van der Waals surface area (Å²) in [6.45, 7) is 9.39. The molecular formula is C33H41F5N2O2. The van der Waals surface area contributed by atoms with E-state index in [4.69, 9.17) is 4.74 Å². The number of Topliss-reactive ketones (excluding diaryl/α,β-unsaturated/α-hetero) is 1. The summed E-state index contributed by atoms with van der Waals surface area (Å²) < 4.78 is 78.2. The number of unbranched alkanes of at least 4 members (excludes halogenated alkanes) is 1. The van der Waals surface area contributed by atoms with Gasteiger partial charge in [0.25, 0.3) is 5.92 Å². The molecule has 2 aromatic carbocycles. The highest BCUT2D eigenvalue weighted by Gasteiger charge is 2.39. The van der Waals surface area contributed by atoms with Crippen LogP contribution in [-0.2, 0) is 29.8 Å². The number of nitrogens with zero attached hydrogens (tertiary/aromatic N) is 2. The number of alkyl halides is 5. The molecule has 1 saturated heterocycles. The molecule has 0 atom stereocenters. The zero-order valence-corrected chi connectivity index (χ0v) is 24.7. The van der Waals surface area contributed by atoms with Crippen LogP contribution in [0.25, 0.3) is 11.3 Å². The second-order valence-electron chi connectivity index (χ2n) is 10.6. The minimum atomic E-state index is -4.56. The van der Waals surface area contributed by atoms with Crippen LogP contribution in [0.4, 0.5) is 22.0 Å². The van der Waals surface area contributed by atoms with E-state index in [9.17, 15) is 18.0 Å². The maximum Gasteiger partial charge on any atom is 0.416 e. The lowest BCUT2D eigenvalue weighted by molar-refractivity contribution is -0.137. The Bertz CT molecular complexity index is 1260. The number of aromatic nitrogens is 1. The number of morpholine rings is 1. The first-order valence-electron chi connectivity index (χ1n) is 14.6. The van der Waals surface area contributed by atoms with Gasteiger partial charge < -0.3 is 9.30 Å². The van der Waals surface area contributed by atoms with Crippen LogP contribution in [0.3, 0.4) is 0 Å². The van der Waals surface area contributed by atoms with Gasteiger partial charge >= 0.3 is 6.18 Å². The molecule has 9 heteroatoms. The molecule has 1 fully saturated rings. The van der Waals surface area contributed by atoms with Crippen molar-refractivity contribution in [2.24, 2.45) is 0 Å². The number of carbonyl (C=O) groups excluding carboxylic acids is 1. The lowest BCUT2D eigenvalue weighted by atomic mass is 9.99. The molecule has 1 aliphatic heterocycles. The van der Waals surface area contributed by atoms with E-state index in [1.807, 2.05) is 18.2 Å². The lowest BCUT2D eigenvalue weighted by Crippen LogP contribution is -2.37. The Labute approximate surface area is 245 Å². The van der Waals surface area contributed by atoms with Crippen molar-refractivity contribution in [1.29, 1.82) is 0 Å². The summed E-state index contributed by atoms with van der Waals surface area (Å²) in [4.78, 5) is 14.8. The van der Waals surface area contributed by atoms with E-state index in [1.165, 1.54) is 42.5 Å². The fraction of sp³-hybridized carbons (Fsp3) is 0.485. The minimum absolute atomic E-state index is 0.0655. The van der Waals surface area contributed by atoms with Gasteiger partial charge in [0.05, 0.1) is 24.5 Å². The molecule has 0 bridgehead atoms. The number of hydrogen-bond acceptors (Lipinski definition) is 3. The summed E-state index contributed by atoms with van der Waals surface area (Å²) in [5, 5.41) is 0. The Hall–Kier alpha value is -3.04. The molecule has 42 heavy (non-hydrogen) atoms. The van der Waals surface area contributed by atoms with Crippen LogP contribution in [-0.4, -0.2) is 48.1 Å². The number of benzene rings is 2. The van der Waals surface area contributed by atoms with Gasteiger partial charge in [0.2, 0.25) is 0 Å². The lowest BCUT2D eigenvalue weighted by Gasteiger charge is -2.27. The van der Waals surface area contributed by atoms with E-state index in [1.54, 1.807) is 12.1 Å². The molecule has 1 aromatic heterocycles. The third-order valence-electron chi connectivity index (χ3n) is 7.33. The molecule has 0 aliphatic carbocycles. The number of hydrogen-bond donors (Lipinski definition) is 0. The predicted molar refractivity (Wildman–Crippen MR) is 156 cm³/mol. The minimum Gasteiger partial charge on any atom is -0.379 e. The molecule has 0 saturated carbocycles. The highest BCUT2D eigenvalue weighted by Crippen LogP contribution is 2.40. The normalized spacial score (nSPS) is 14.4. The van der Waals surface area contributed by atoms with Crippen molar-refractivity contribution in [2.75, 3.05) is 32.8 Å². The van der Waals surface area contributed by atoms with Crippen molar-refractivity contribution in [1.82, 2.24) is 9.47 Å². The summed E-state index contributed by atoms with van der Waals surface area (Å²) in [5.41, 5.74) is 0.0769. The van der Waals surface area contributed by atoms with Gasteiger partial charge in [0.15, 0.2) is 5.78 Å². The first-order valence-corrected chi connectivity index (χ1v) is 14.6. The summed E-state index contributed by atoms with van der Waals surface area (Å²) in [7, 11) is 0. The van der Waals surface area contributed by atoms with Gasteiger partial charge in [-0.05, 0) is 43.0 Å². The monoisotopic (exact) mass is 592 g/mol. The summed E-state index contributed by atoms with van der Waals surface area (Å²) >= 11 is 0. The van der Waals surface area contributed by atoms with Gasteiger partial charge in [0, 0.05) is 43.9 Å². The molecule has 0 amide bonds. The standard InChI is InChI=1S/C29H31F5N2O2.C4H10/c1-21(37)25-20-26(23-8-3-2-4-9-23)36(14-6-13-35-15-17-38-18-16-35)27(25)28(30,31)12-11-22-7-5-10-24(19-22)29(32,33)34;1-3-4-2/h2-5,7-10,19-20H,6,11-18H2,1H3;3-4H2,1-2H3. The smallest absolute Gasteiger partial charge is 0.379 e. The van der Waals surface area contributed by atoms with Gasteiger partial charge in [-0.3, -0.25) is 9.69 Å². The number of ketones is 1. The van der Waals surface area contributed by atoms with E-state index >= 15 is 8.78 Å². The fourth-order valence-corrected chi connectivity index (χ4v) is 4.89. The van der Waals surface area contributed by atoms with E-state index < -0.39 is 29.9 Å². The number of ether oxygens (including phenoxy) is 1. The maximum atomic E-state index is 15.9. The molecule has 2 heterocycles. The fourth-order valence-electron chi connectivity index (χ4n) is 4.89. The van der Waals surface area contributed by atoms with E-state index in [0.717, 1.165) is 25.2 Å². The zero-order valence-electron chi connectivity index (χ0n) is 24.7. The topological polar surface area (TPSA) is 34.5 Å². The van der Waals surface area contributed by atoms with Gasteiger partial charge in [-0.25, -0.2) is 0 Å². The molecule has 1 aliphatic rings. The first kappa shape index (κ1) is 33.5. The van der Waals surface area contributed by atoms with Gasteiger partial charge in [-0.15, -0.1) is 0 Å². The third-order valence-corrected chi connectivity index (χ3v) is 7.33. The Kier molecular flexibility index (Phi) is 12.3. The molecule has 0 spiro atoms. The average molecular weight is 593 g/mol. The van der Waals surface area contributed by atoms with Crippen molar-refractivity contribution < 1.29 is 31.5 Å². The van der Waals surface area contributed by atoms with Gasteiger partial charge in [0.1, 0.15) is 0 Å². The molecular weight excluding hydrogens is 551 g/mol. The molecule has 0 radical (unpaired) electrons. The number of halogens is 5. The third kappa shape index (κ3) is 9.23. The van der Waals surface area contributed by atoms with Crippen molar-refractivity contribution in [3.05, 3.63) is 83.0 Å². The highest BCUT2D eigenvalue weighted by atomic mass is 19.4. The summed E-state index contributed by atoms with van der Waals surface area (Å²) in [6, 6.07) is 15.0. The molecule has 0 N–H and O–H groups in total. The molecule has 0 unspecified atom stereocenters. The largest absolute Gasteiger partial charge is 0.416 e. The van der Waals surface area contributed by atoms with Crippen LogP contribution >= 0.6 is 0 Å². The van der Waals surface area contributed by atoms with Crippen LogP contribution < -0.4 is 0 Å². The van der Waals surface area contributed by atoms with Crippen LogP contribution in [0.5, 0.6) is 0 Å². The molecule has 4 rings (SSSR count). The Morgan fingerprint density at radius 3 is 2.14 bits per heavy atom. The highest BCUT2D eigenvalue weighted by molar-refractivity contribution is 5.97. The zero-order chi connectivity index (χ0) is 30.8. The van der Waals surface area contributed by atoms with Crippen molar-refractivity contribution >= 4 is 5.78 Å². The SMILES string of the molecule is CC(=O)c1cc(-c2ccccc2)n(CCCN2CCOCC2)c1C(F)(F)CCc1cccc(C(F)(F)F)c1.CCCC.